The summed E-state index contributed by atoms with van der Waals surface area (Å²) in [4.78, 5) is 7.03. The molecule has 6 rings (SSSR count). The Morgan fingerprint density at radius 2 is 1.12 bits per heavy atom. The minimum Gasteiger partial charge on any atom is -0.508 e. The Labute approximate surface area is 347 Å². The van der Waals surface area contributed by atoms with Crippen molar-refractivity contribution < 1.29 is 10.2 Å². The van der Waals surface area contributed by atoms with Crippen LogP contribution in [0.2, 0.25) is 0 Å². The zero-order valence-electron chi connectivity index (χ0n) is 37.8. The summed E-state index contributed by atoms with van der Waals surface area (Å²) in [5, 5.41) is 18.3. The van der Waals surface area contributed by atoms with Crippen LogP contribution in [-0.2, 0) is 32.1 Å². The van der Waals surface area contributed by atoms with Crippen LogP contribution in [0.5, 0.6) is 11.5 Å². The van der Waals surface area contributed by atoms with E-state index in [-0.39, 0.29) is 0 Å². The molecule has 4 aromatic carbocycles. The standard InChI is InChI=1S/C14H18.C11H16O.C10H14O.C10H14.C8H14N2/c1-14(2,3)10-12-9-8-11-6-4-5-7-13(11)12;1-8(2)6-10-4-5-11(12)9(3)7-10;1-8(2)7-9-3-5-10(11)6-4-9;1-9(2)8-10-6-4-3-5-7-10;1-8(2,3)4-7-5-9-6-10-7/h4-7,9H,8,10H2,1-3H3;4-5,7-8,12H,6H2,1-3H3;3-6,8,11H,7H2,1-2H3;3-7,9H,8H2,1-2H3;5-6H,4H2,1-3H3,(H,9,10). The Balaban J connectivity index is 0.000000247. The Kier molecular flexibility index (Phi) is 20.7. The first-order chi connectivity index (χ1) is 26.7. The summed E-state index contributed by atoms with van der Waals surface area (Å²) >= 11 is 0. The van der Waals surface area contributed by atoms with Gasteiger partial charge in [-0.05, 0) is 131 Å². The number of nitrogens with zero attached hydrogens (tertiary/aromatic N) is 1. The molecular weight excluding hydrogens is 697 g/mol. The predicted octanol–water partition coefficient (Wildman–Crippen LogP) is 14.4. The number of allylic oxidation sites excluding steroid dienone is 2. The van der Waals surface area contributed by atoms with Gasteiger partial charge in [0.1, 0.15) is 11.5 Å². The zero-order chi connectivity index (χ0) is 42.6. The molecule has 0 atom stereocenters. The lowest BCUT2D eigenvalue weighted by Gasteiger charge is -2.19. The molecule has 0 fully saturated rings. The summed E-state index contributed by atoms with van der Waals surface area (Å²) in [7, 11) is 0. The van der Waals surface area contributed by atoms with Crippen molar-refractivity contribution in [1.82, 2.24) is 9.97 Å². The van der Waals surface area contributed by atoms with E-state index in [0.717, 1.165) is 37.2 Å². The smallest absolute Gasteiger partial charge is 0.118 e. The highest BCUT2D eigenvalue weighted by atomic mass is 16.3. The van der Waals surface area contributed by atoms with E-state index in [1.807, 2.05) is 31.3 Å². The van der Waals surface area contributed by atoms with Gasteiger partial charge in [-0.15, -0.1) is 0 Å². The van der Waals surface area contributed by atoms with E-state index in [9.17, 15) is 5.11 Å². The van der Waals surface area contributed by atoms with E-state index in [1.165, 1.54) is 51.9 Å². The number of aromatic hydroxyl groups is 2. The van der Waals surface area contributed by atoms with Crippen LogP contribution in [0, 0.1) is 35.5 Å². The van der Waals surface area contributed by atoms with Gasteiger partial charge < -0.3 is 15.2 Å². The van der Waals surface area contributed by atoms with E-state index in [2.05, 4.69) is 160 Å². The average Bonchev–Trinajstić information content (AvgIpc) is 3.77. The molecule has 0 unspecified atom stereocenters. The number of H-pyrrole nitrogens is 1. The van der Waals surface area contributed by atoms with Crippen molar-refractivity contribution in [2.24, 2.45) is 28.6 Å². The van der Waals surface area contributed by atoms with Crippen LogP contribution >= 0.6 is 0 Å². The second-order valence-corrected chi connectivity index (χ2v) is 19.2. The monoisotopic (exact) mass is 773 g/mol. The van der Waals surface area contributed by atoms with Gasteiger partial charge in [-0.25, -0.2) is 4.98 Å². The highest BCUT2D eigenvalue weighted by Gasteiger charge is 2.19. The highest BCUT2D eigenvalue weighted by molar-refractivity contribution is 5.73. The lowest BCUT2D eigenvalue weighted by molar-refractivity contribution is 0.407. The summed E-state index contributed by atoms with van der Waals surface area (Å²) in [5.41, 5.74) is 11.5. The molecule has 1 aromatic heterocycles. The summed E-state index contributed by atoms with van der Waals surface area (Å²) in [6, 6.07) is 32.6. The number of phenolic OH excluding ortho intramolecular Hbond substituents is 2. The Hall–Kier alpha value is -4.57. The summed E-state index contributed by atoms with van der Waals surface area (Å²) in [6.07, 6.45) is 12.7. The minimum absolute atomic E-state index is 0.345. The fourth-order valence-electron chi connectivity index (χ4n) is 6.55. The van der Waals surface area contributed by atoms with Crippen molar-refractivity contribution in [3.05, 3.63) is 155 Å². The minimum atomic E-state index is 0.345. The summed E-state index contributed by atoms with van der Waals surface area (Å²) < 4.78 is 0. The van der Waals surface area contributed by atoms with Crippen LogP contribution in [0.15, 0.2) is 116 Å². The molecule has 1 heterocycles. The van der Waals surface area contributed by atoms with Gasteiger partial charge in [0.15, 0.2) is 0 Å². The van der Waals surface area contributed by atoms with Crippen LogP contribution < -0.4 is 0 Å². The summed E-state index contributed by atoms with van der Waals surface area (Å²) in [5.74, 6) is 2.86. The van der Waals surface area contributed by atoms with Crippen molar-refractivity contribution in [3.8, 4) is 11.5 Å². The van der Waals surface area contributed by atoms with Gasteiger partial charge in [0.2, 0.25) is 0 Å². The number of hydrogen-bond acceptors (Lipinski definition) is 3. The van der Waals surface area contributed by atoms with Crippen LogP contribution in [0.4, 0.5) is 0 Å². The van der Waals surface area contributed by atoms with E-state index < -0.39 is 0 Å². The normalized spacial score (nSPS) is 11.9. The van der Waals surface area contributed by atoms with Gasteiger partial charge in [0.05, 0.1) is 6.33 Å². The molecule has 0 aliphatic heterocycles. The second kappa shape index (κ2) is 24.3. The Morgan fingerprint density at radius 3 is 1.63 bits per heavy atom. The molecule has 1 aliphatic rings. The van der Waals surface area contributed by atoms with Gasteiger partial charge in [-0.3, -0.25) is 0 Å². The molecule has 3 N–H and O–H groups in total. The highest BCUT2D eigenvalue weighted by Crippen LogP contribution is 2.36. The number of phenols is 2. The molecule has 0 radical (unpaired) electrons. The maximum Gasteiger partial charge on any atom is 0.118 e. The van der Waals surface area contributed by atoms with Gasteiger partial charge in [-0.2, -0.15) is 0 Å². The first-order valence-corrected chi connectivity index (χ1v) is 21.1. The van der Waals surface area contributed by atoms with Crippen LogP contribution in [0.25, 0.3) is 5.57 Å². The molecule has 0 saturated heterocycles. The maximum absolute atomic E-state index is 9.28. The van der Waals surface area contributed by atoms with Crippen molar-refractivity contribution in [2.45, 2.75) is 129 Å². The van der Waals surface area contributed by atoms with Crippen LogP contribution in [-0.4, -0.2) is 20.2 Å². The molecule has 0 saturated carbocycles. The molecule has 4 nitrogen and oxygen atoms in total. The third-order valence-corrected chi connectivity index (χ3v) is 8.90. The molecule has 0 bridgehead atoms. The van der Waals surface area contributed by atoms with Gasteiger partial charge >= 0.3 is 0 Å². The number of aromatic amines is 1. The van der Waals surface area contributed by atoms with Crippen molar-refractivity contribution >= 4 is 5.57 Å². The van der Waals surface area contributed by atoms with Crippen molar-refractivity contribution in [3.63, 3.8) is 0 Å². The number of aryl methyl sites for hydroxylation is 1. The average molecular weight is 773 g/mol. The number of hydrogen-bond donors (Lipinski definition) is 3. The van der Waals surface area contributed by atoms with Crippen molar-refractivity contribution in [1.29, 1.82) is 0 Å². The first-order valence-electron chi connectivity index (χ1n) is 21.1. The van der Waals surface area contributed by atoms with Crippen LogP contribution in [0.3, 0.4) is 0 Å². The lowest BCUT2D eigenvalue weighted by Crippen LogP contribution is -2.09. The maximum atomic E-state index is 9.28. The third kappa shape index (κ3) is 22.1. The molecule has 57 heavy (non-hydrogen) atoms. The van der Waals surface area contributed by atoms with E-state index >= 15 is 0 Å². The number of benzene rings is 4. The van der Waals surface area contributed by atoms with Gasteiger partial charge in [0, 0.05) is 11.9 Å². The third-order valence-electron chi connectivity index (χ3n) is 8.90. The molecule has 4 heteroatoms. The zero-order valence-corrected chi connectivity index (χ0v) is 37.8. The Morgan fingerprint density at radius 1 is 0.614 bits per heavy atom. The number of rotatable bonds is 8. The molecular formula is C53H76N2O2. The predicted molar refractivity (Wildman–Crippen MR) is 247 cm³/mol. The molecule has 5 aromatic rings. The second-order valence-electron chi connectivity index (χ2n) is 19.2. The quantitative estimate of drug-likeness (QED) is 0.147. The van der Waals surface area contributed by atoms with Gasteiger partial charge in [-0.1, -0.05) is 168 Å². The number of aromatic nitrogens is 2. The van der Waals surface area contributed by atoms with Crippen molar-refractivity contribution in [2.75, 3.05) is 0 Å². The SMILES string of the molecule is CC(C)(C)CC1=CCc2ccccc21.CC(C)(C)Cc1cnc[nH]1.CC(C)Cc1ccc(O)cc1.CC(C)Cc1ccccc1.Cc1cc(CC(C)C)ccc1O. The molecule has 310 valence electrons. The number of imidazole rings is 1. The number of fused-ring (bicyclic) bond motifs is 1. The largest absolute Gasteiger partial charge is 0.508 e. The van der Waals surface area contributed by atoms with E-state index in [1.54, 1.807) is 24.5 Å². The molecule has 0 amide bonds. The molecule has 1 aliphatic carbocycles. The number of nitrogens with one attached hydrogen (secondary N) is 1. The lowest BCUT2D eigenvalue weighted by atomic mass is 9.86. The van der Waals surface area contributed by atoms with E-state index in [0.29, 0.717) is 34.2 Å². The summed E-state index contributed by atoms with van der Waals surface area (Å²) in [6.45, 7) is 28.7. The fraction of sp³-hybridized carbons (Fsp3) is 0.453. The molecule has 0 spiro atoms. The topological polar surface area (TPSA) is 69.1 Å². The Bertz CT molecular complexity index is 1840. The first kappa shape index (κ1) is 48.6. The van der Waals surface area contributed by atoms with Crippen LogP contribution in [0.1, 0.15) is 129 Å². The van der Waals surface area contributed by atoms with Gasteiger partial charge in [0.25, 0.3) is 0 Å². The fourth-order valence-corrected chi connectivity index (χ4v) is 6.55. The van der Waals surface area contributed by atoms with E-state index in [4.69, 9.17) is 5.11 Å².